The third-order valence-corrected chi connectivity index (χ3v) is 1.72. The Morgan fingerprint density at radius 1 is 1.82 bits per heavy atom. The van der Waals surface area contributed by atoms with Gasteiger partial charge in [-0.05, 0) is 6.42 Å². The number of halogens is 1. The van der Waals surface area contributed by atoms with Crippen molar-refractivity contribution in [2.24, 2.45) is 0 Å². The van der Waals surface area contributed by atoms with Crippen molar-refractivity contribution >= 4 is 6.09 Å². The van der Waals surface area contributed by atoms with Gasteiger partial charge < -0.3 is 4.74 Å². The summed E-state index contributed by atoms with van der Waals surface area (Å²) in [4.78, 5) is 12.3. The van der Waals surface area contributed by atoms with Crippen molar-refractivity contribution in [3.05, 3.63) is 0 Å². The summed E-state index contributed by atoms with van der Waals surface area (Å²) in [6.07, 6.45) is 0.459. The molecule has 1 aliphatic heterocycles. The Bertz CT molecular complexity index is 151. The molecule has 3 nitrogen and oxygen atoms in total. The van der Waals surface area contributed by atoms with Crippen LogP contribution in [0.25, 0.3) is 0 Å². The van der Waals surface area contributed by atoms with Gasteiger partial charge in [0.2, 0.25) is 0 Å². The molecule has 1 unspecified atom stereocenters. The highest BCUT2D eigenvalue weighted by Gasteiger charge is 2.31. The summed E-state index contributed by atoms with van der Waals surface area (Å²) in [5.74, 6) is 0. The molecule has 0 saturated carbocycles. The predicted octanol–water partition coefficient (Wildman–Crippen LogP) is 1.19. The van der Waals surface area contributed by atoms with Gasteiger partial charge in [0.25, 0.3) is 0 Å². The number of alkyl halides is 1. The first-order valence-corrected chi connectivity index (χ1v) is 3.79. The van der Waals surface area contributed by atoms with E-state index in [9.17, 15) is 9.18 Å². The zero-order chi connectivity index (χ0) is 8.27. The number of amides is 1. The Morgan fingerprint density at radius 3 is 3.09 bits per heavy atom. The van der Waals surface area contributed by atoms with Crippen LogP contribution in [0, 0.1) is 0 Å². The number of rotatable bonds is 3. The molecule has 1 fully saturated rings. The van der Waals surface area contributed by atoms with E-state index in [1.165, 1.54) is 4.90 Å². The van der Waals surface area contributed by atoms with Crippen molar-refractivity contribution in [2.45, 2.75) is 19.4 Å². The number of carbonyl (C=O) groups is 1. The standard InChI is InChI=1S/C7H12FNO2/c1-2-3-9-6(4-8)5-11-7(9)10/h6H,2-5H2,1H3. The van der Waals surface area contributed by atoms with Gasteiger partial charge in [0.15, 0.2) is 0 Å². The molecule has 1 aliphatic rings. The zero-order valence-electron chi connectivity index (χ0n) is 6.55. The molecule has 0 bridgehead atoms. The number of hydrogen-bond donors (Lipinski definition) is 0. The molecule has 0 aromatic rings. The summed E-state index contributed by atoms with van der Waals surface area (Å²) >= 11 is 0. The predicted molar refractivity (Wildman–Crippen MR) is 38.1 cm³/mol. The van der Waals surface area contributed by atoms with Crippen LogP contribution in [0.2, 0.25) is 0 Å². The van der Waals surface area contributed by atoms with Gasteiger partial charge >= 0.3 is 6.09 Å². The summed E-state index contributed by atoms with van der Waals surface area (Å²) in [6, 6.07) is -0.345. The van der Waals surface area contributed by atoms with Crippen molar-refractivity contribution in [1.29, 1.82) is 0 Å². The second kappa shape index (κ2) is 3.55. The Morgan fingerprint density at radius 2 is 2.55 bits per heavy atom. The maximum Gasteiger partial charge on any atom is 0.410 e. The van der Waals surface area contributed by atoms with Crippen molar-refractivity contribution < 1.29 is 13.9 Å². The van der Waals surface area contributed by atoms with E-state index >= 15 is 0 Å². The van der Waals surface area contributed by atoms with Crippen LogP contribution in [-0.2, 0) is 4.74 Å². The summed E-state index contributed by atoms with van der Waals surface area (Å²) in [7, 11) is 0. The molecule has 11 heavy (non-hydrogen) atoms. The average Bonchev–Trinajstić information content (AvgIpc) is 2.34. The SMILES string of the molecule is CCCN1C(=O)OCC1CF. The quantitative estimate of drug-likeness (QED) is 0.622. The number of nitrogens with zero attached hydrogens (tertiary/aromatic N) is 1. The third-order valence-electron chi connectivity index (χ3n) is 1.72. The van der Waals surface area contributed by atoms with Crippen LogP contribution < -0.4 is 0 Å². The Hall–Kier alpha value is -0.800. The summed E-state index contributed by atoms with van der Waals surface area (Å²) < 4.78 is 16.8. The summed E-state index contributed by atoms with van der Waals surface area (Å²) in [5, 5.41) is 0. The molecule has 0 N–H and O–H groups in total. The number of carbonyl (C=O) groups excluding carboxylic acids is 1. The molecule has 64 valence electrons. The molecule has 0 aliphatic carbocycles. The van der Waals surface area contributed by atoms with Crippen molar-refractivity contribution in [1.82, 2.24) is 4.90 Å². The fourth-order valence-corrected chi connectivity index (χ4v) is 1.13. The first-order valence-electron chi connectivity index (χ1n) is 3.79. The first kappa shape index (κ1) is 8.30. The maximum absolute atomic E-state index is 12.2. The highest BCUT2D eigenvalue weighted by molar-refractivity contribution is 5.70. The van der Waals surface area contributed by atoms with Gasteiger partial charge in [-0.3, -0.25) is 4.90 Å². The van der Waals surface area contributed by atoms with Crippen LogP contribution in [-0.4, -0.2) is 36.9 Å². The molecular formula is C7H12FNO2. The van der Waals surface area contributed by atoms with Crippen molar-refractivity contribution in [3.8, 4) is 0 Å². The minimum Gasteiger partial charge on any atom is -0.447 e. The average molecular weight is 161 g/mol. The summed E-state index contributed by atoms with van der Waals surface area (Å²) in [5.41, 5.74) is 0. The minimum absolute atomic E-state index is 0.204. The van der Waals surface area contributed by atoms with E-state index in [1.54, 1.807) is 0 Å². The lowest BCUT2D eigenvalue weighted by atomic mass is 10.3. The molecule has 1 heterocycles. The van der Waals surface area contributed by atoms with Crippen molar-refractivity contribution in [2.75, 3.05) is 19.8 Å². The monoisotopic (exact) mass is 161 g/mol. The second-order valence-corrected chi connectivity index (χ2v) is 2.58. The Kier molecular flexibility index (Phi) is 2.68. The van der Waals surface area contributed by atoms with Gasteiger partial charge in [0.05, 0.1) is 6.04 Å². The highest BCUT2D eigenvalue weighted by Crippen LogP contribution is 2.12. The van der Waals surface area contributed by atoms with E-state index in [0.29, 0.717) is 6.54 Å². The Labute approximate surface area is 65.1 Å². The molecule has 1 rings (SSSR count). The van der Waals surface area contributed by atoms with E-state index in [1.807, 2.05) is 6.92 Å². The molecule has 1 amide bonds. The first-order chi connectivity index (χ1) is 5.29. The smallest absolute Gasteiger partial charge is 0.410 e. The molecule has 4 heteroatoms. The number of hydrogen-bond acceptors (Lipinski definition) is 2. The Balaban J connectivity index is 2.49. The molecule has 0 spiro atoms. The molecule has 1 atom stereocenters. The van der Waals surface area contributed by atoms with E-state index < -0.39 is 6.67 Å². The number of cyclic esters (lactones) is 1. The molecule has 0 aromatic carbocycles. The molecular weight excluding hydrogens is 149 g/mol. The topological polar surface area (TPSA) is 29.5 Å². The molecule has 0 radical (unpaired) electrons. The largest absolute Gasteiger partial charge is 0.447 e. The van der Waals surface area contributed by atoms with Gasteiger partial charge in [-0.25, -0.2) is 9.18 Å². The van der Waals surface area contributed by atoms with Crippen LogP contribution in [0.15, 0.2) is 0 Å². The van der Waals surface area contributed by atoms with Gasteiger partial charge in [0.1, 0.15) is 13.3 Å². The van der Waals surface area contributed by atoms with Crippen LogP contribution in [0.4, 0.5) is 9.18 Å². The number of ether oxygens (including phenoxy) is 1. The lowest BCUT2D eigenvalue weighted by molar-refractivity contribution is 0.157. The van der Waals surface area contributed by atoms with Gasteiger partial charge in [-0.1, -0.05) is 6.92 Å². The maximum atomic E-state index is 12.2. The van der Waals surface area contributed by atoms with Crippen LogP contribution in [0.3, 0.4) is 0 Å². The normalized spacial score (nSPS) is 24.0. The van der Waals surface area contributed by atoms with Crippen LogP contribution in [0.5, 0.6) is 0 Å². The third kappa shape index (κ3) is 1.61. The lowest BCUT2D eigenvalue weighted by Gasteiger charge is -2.17. The summed E-state index contributed by atoms with van der Waals surface area (Å²) in [6.45, 7) is 2.23. The van der Waals surface area contributed by atoms with Crippen LogP contribution >= 0.6 is 0 Å². The van der Waals surface area contributed by atoms with E-state index in [0.717, 1.165) is 6.42 Å². The van der Waals surface area contributed by atoms with E-state index in [-0.39, 0.29) is 18.7 Å². The fraction of sp³-hybridized carbons (Fsp3) is 0.857. The lowest BCUT2D eigenvalue weighted by Crippen LogP contribution is -2.35. The van der Waals surface area contributed by atoms with Gasteiger partial charge in [-0.2, -0.15) is 0 Å². The minimum atomic E-state index is -0.508. The van der Waals surface area contributed by atoms with E-state index in [2.05, 4.69) is 4.74 Å². The van der Waals surface area contributed by atoms with Gasteiger partial charge in [-0.15, -0.1) is 0 Å². The van der Waals surface area contributed by atoms with Crippen LogP contribution in [0.1, 0.15) is 13.3 Å². The van der Waals surface area contributed by atoms with E-state index in [4.69, 9.17) is 0 Å². The zero-order valence-corrected chi connectivity index (χ0v) is 6.55. The van der Waals surface area contributed by atoms with Gasteiger partial charge in [0, 0.05) is 6.54 Å². The second-order valence-electron chi connectivity index (χ2n) is 2.58. The molecule has 1 saturated heterocycles. The van der Waals surface area contributed by atoms with Crippen molar-refractivity contribution in [3.63, 3.8) is 0 Å². The fourth-order valence-electron chi connectivity index (χ4n) is 1.13. The highest BCUT2D eigenvalue weighted by atomic mass is 19.1. The molecule has 0 aromatic heterocycles.